The molecule has 1 radical (unpaired) electrons. The molecule has 1 atom stereocenters. The third-order valence-electron chi connectivity index (χ3n) is 8.03. The maximum Gasteiger partial charge on any atom is 0 e. The van der Waals surface area contributed by atoms with Crippen LogP contribution in [0.3, 0.4) is 0 Å². The SMILES string of the molecule is [2H]C(C)(c1ccccc1)c1ccnc(-c2[c-]ccc3c2sc2c(C(F)(F)F)cccc23)c1.[CH3][Ge]([CH3])([CH3])[c]1ccc(-c2[c-]cccc2)nc1.[Ir]. The molecule has 0 aliphatic carbocycles. The Balaban J connectivity index is 0.000000233. The van der Waals surface area contributed by atoms with Gasteiger partial charge < -0.3 is 4.98 Å². The minimum Gasteiger partial charge on any atom is 0 e. The topological polar surface area (TPSA) is 25.8 Å². The van der Waals surface area contributed by atoms with Gasteiger partial charge in [0.05, 0.1) is 5.56 Å². The summed E-state index contributed by atoms with van der Waals surface area (Å²) in [6.45, 7) is 1.82. The van der Waals surface area contributed by atoms with Crippen molar-refractivity contribution in [2.24, 2.45) is 0 Å². The third kappa shape index (κ3) is 7.81. The number of thiophene rings is 1. The van der Waals surface area contributed by atoms with Crippen LogP contribution in [-0.2, 0) is 26.3 Å². The predicted molar refractivity (Wildman–Crippen MR) is 192 cm³/mol. The first kappa shape index (κ1) is 34.3. The summed E-state index contributed by atoms with van der Waals surface area (Å²) in [4.78, 5) is 9.01. The first-order valence-corrected chi connectivity index (χ1v) is 23.4. The monoisotopic (exact) mass is 898 g/mol. The Bertz CT molecular complexity index is 2180. The zero-order chi connectivity index (χ0) is 34.1. The van der Waals surface area contributed by atoms with Gasteiger partial charge in [0.15, 0.2) is 0 Å². The Morgan fingerprint density at radius 3 is 2.17 bits per heavy atom. The average molecular weight is 897 g/mol. The molecule has 48 heavy (non-hydrogen) atoms. The Kier molecular flexibility index (Phi) is 10.6. The quantitative estimate of drug-likeness (QED) is 0.127. The molecule has 0 spiro atoms. The molecule has 0 fully saturated rings. The van der Waals surface area contributed by atoms with Gasteiger partial charge in [-0.3, -0.25) is 0 Å². The van der Waals surface area contributed by atoms with Gasteiger partial charge in [-0.1, -0.05) is 60.8 Å². The summed E-state index contributed by atoms with van der Waals surface area (Å²) in [5.41, 5.74) is 4.26. The van der Waals surface area contributed by atoms with E-state index >= 15 is 0 Å². The van der Waals surface area contributed by atoms with E-state index in [2.05, 4.69) is 51.5 Å². The maximum absolute atomic E-state index is 13.6. The van der Waals surface area contributed by atoms with Crippen LogP contribution in [0.25, 0.3) is 42.7 Å². The Morgan fingerprint density at radius 2 is 1.50 bits per heavy atom. The molecule has 0 bridgehead atoms. The van der Waals surface area contributed by atoms with Crippen molar-refractivity contribution in [1.82, 2.24) is 9.97 Å². The number of halogens is 3. The summed E-state index contributed by atoms with van der Waals surface area (Å²) in [7, 11) is 0. The van der Waals surface area contributed by atoms with Gasteiger partial charge in [0.2, 0.25) is 0 Å². The van der Waals surface area contributed by atoms with Crippen molar-refractivity contribution in [2.75, 3.05) is 0 Å². The van der Waals surface area contributed by atoms with Crippen molar-refractivity contribution >= 4 is 49.2 Å². The van der Waals surface area contributed by atoms with E-state index in [1.54, 1.807) is 30.5 Å². The van der Waals surface area contributed by atoms with Gasteiger partial charge in [-0.25, -0.2) is 0 Å². The van der Waals surface area contributed by atoms with Gasteiger partial charge in [-0.2, -0.15) is 24.5 Å². The maximum atomic E-state index is 13.6. The molecule has 7 aromatic rings. The van der Waals surface area contributed by atoms with Gasteiger partial charge >= 0.3 is 106 Å². The molecule has 1 unspecified atom stereocenters. The van der Waals surface area contributed by atoms with Crippen molar-refractivity contribution in [1.29, 1.82) is 0 Å². The van der Waals surface area contributed by atoms with E-state index < -0.39 is 30.9 Å². The van der Waals surface area contributed by atoms with E-state index in [1.807, 2.05) is 73.8 Å². The van der Waals surface area contributed by atoms with Crippen molar-refractivity contribution in [3.8, 4) is 22.5 Å². The van der Waals surface area contributed by atoms with E-state index in [1.165, 1.54) is 10.5 Å². The molecule has 0 amide bonds. The van der Waals surface area contributed by atoms with Gasteiger partial charge in [-0.15, -0.1) is 23.8 Å². The van der Waals surface area contributed by atoms with Crippen LogP contribution in [0.2, 0.25) is 17.3 Å². The number of hydrogen-bond donors (Lipinski definition) is 0. The molecule has 0 aliphatic heterocycles. The van der Waals surface area contributed by atoms with Crippen LogP contribution < -0.4 is 4.40 Å². The molecule has 245 valence electrons. The summed E-state index contributed by atoms with van der Waals surface area (Å²) >= 11 is -0.608. The van der Waals surface area contributed by atoms with Crippen molar-refractivity contribution < 1.29 is 34.6 Å². The molecular weight excluding hydrogens is 862 g/mol. The van der Waals surface area contributed by atoms with E-state index in [9.17, 15) is 13.2 Å². The van der Waals surface area contributed by atoms with E-state index in [4.69, 9.17) is 1.37 Å². The van der Waals surface area contributed by atoms with Gasteiger partial charge in [0, 0.05) is 38.3 Å². The molecule has 7 rings (SSSR count). The standard InChI is InChI=1S/C26H17F3NS.C14H16GeN.Ir/c1-16(17-7-3-2-4-8-17)18-13-14-30-23(15-18)21-11-5-9-19-20-10-6-12-22(26(27,28)29)25(20)31-24(19)21;1-15(2,3)13-9-10-14(16-11-13)12-7-5-4-6-8-12;/h2-10,12-16H,1H3;4-7,9-11H,1-3H3;/q2*-1;/i16D;;. The number of alkyl halides is 3. The molecule has 0 N–H and O–H groups in total. The zero-order valence-electron chi connectivity index (χ0n) is 27.8. The number of nitrogens with zero attached hydrogens (tertiary/aromatic N) is 2. The minimum absolute atomic E-state index is 0. The second kappa shape index (κ2) is 14.9. The fourth-order valence-corrected chi connectivity index (χ4v) is 8.89. The van der Waals surface area contributed by atoms with E-state index in [-0.39, 0.29) is 24.8 Å². The minimum atomic E-state index is -4.43. The first-order chi connectivity index (χ1) is 22.8. The second-order valence-corrected chi connectivity index (χ2v) is 23.9. The Labute approximate surface area is 301 Å². The van der Waals surface area contributed by atoms with Crippen LogP contribution in [0.15, 0.2) is 122 Å². The number of rotatable bonds is 5. The zero-order valence-corrected chi connectivity index (χ0v) is 32.1. The van der Waals surface area contributed by atoms with Gasteiger partial charge in [0.1, 0.15) is 0 Å². The van der Waals surface area contributed by atoms with Gasteiger partial charge in [-0.05, 0) is 39.0 Å². The number of benzene rings is 4. The van der Waals surface area contributed by atoms with Gasteiger partial charge in [0.25, 0.3) is 0 Å². The van der Waals surface area contributed by atoms with Crippen LogP contribution in [0.5, 0.6) is 0 Å². The molecule has 0 saturated carbocycles. The number of aromatic nitrogens is 2. The molecule has 3 heterocycles. The fourth-order valence-electron chi connectivity index (χ4n) is 5.38. The van der Waals surface area contributed by atoms with Crippen molar-refractivity contribution in [3.63, 3.8) is 0 Å². The number of pyridine rings is 2. The molecular formula is C40H33F3GeIrN2S-2. The summed E-state index contributed by atoms with van der Waals surface area (Å²) in [5.74, 6) is 6.14. The molecule has 8 heteroatoms. The average Bonchev–Trinajstić information content (AvgIpc) is 3.48. The summed E-state index contributed by atoms with van der Waals surface area (Å²) in [6, 6.07) is 39.6. The summed E-state index contributed by atoms with van der Waals surface area (Å²) < 4.78 is 52.1. The van der Waals surface area contributed by atoms with Crippen LogP contribution in [0.1, 0.15) is 30.9 Å². The van der Waals surface area contributed by atoms with Crippen LogP contribution in [0, 0.1) is 12.1 Å². The molecule has 3 aromatic heterocycles. The Hall–Kier alpha value is -3.62. The predicted octanol–water partition coefficient (Wildman–Crippen LogP) is 11.2. The van der Waals surface area contributed by atoms with E-state index in [0.717, 1.165) is 45.2 Å². The van der Waals surface area contributed by atoms with E-state index in [0.29, 0.717) is 21.3 Å². The number of fused-ring (bicyclic) bond motifs is 3. The number of hydrogen-bond acceptors (Lipinski definition) is 3. The normalized spacial score (nSPS) is 13.2. The molecule has 4 aromatic carbocycles. The molecule has 0 aliphatic rings. The second-order valence-electron chi connectivity index (χ2n) is 12.3. The Morgan fingerprint density at radius 1 is 0.750 bits per heavy atom. The van der Waals surface area contributed by atoms with Crippen LogP contribution in [0.4, 0.5) is 13.2 Å². The van der Waals surface area contributed by atoms with Crippen molar-refractivity contribution in [3.05, 3.63) is 150 Å². The first-order valence-electron chi connectivity index (χ1n) is 15.7. The summed E-state index contributed by atoms with van der Waals surface area (Å²) in [5, 5.41) is 1.31. The smallest absolute Gasteiger partial charge is 0 e. The third-order valence-corrected chi connectivity index (χ3v) is 13.6. The molecule has 0 saturated heterocycles. The summed E-state index contributed by atoms with van der Waals surface area (Å²) in [6.07, 6.45) is -0.747. The fraction of sp³-hybridized carbons (Fsp3) is 0.150. The van der Waals surface area contributed by atoms with Crippen LogP contribution in [-0.4, -0.2) is 23.2 Å². The molecule has 2 nitrogen and oxygen atoms in total. The van der Waals surface area contributed by atoms with Crippen LogP contribution >= 0.6 is 11.3 Å². The largest absolute Gasteiger partial charge is 0 e. The van der Waals surface area contributed by atoms with Crippen molar-refractivity contribution in [2.45, 2.75) is 36.3 Å².